The number of anilines is 2. The third-order valence-electron chi connectivity index (χ3n) is 4.45. The first-order valence-electron chi connectivity index (χ1n) is 8.38. The highest BCUT2D eigenvalue weighted by atomic mass is 16.2. The van der Waals surface area contributed by atoms with Crippen LogP contribution in [0.25, 0.3) is 0 Å². The van der Waals surface area contributed by atoms with Gasteiger partial charge in [0.25, 0.3) is 0 Å². The smallest absolute Gasteiger partial charge is 0.238 e. The number of carbonyl (C=O) groups excluding carboxylic acids is 1. The molecule has 1 aliphatic rings. The van der Waals surface area contributed by atoms with Gasteiger partial charge in [-0.2, -0.15) is 5.26 Å². The highest BCUT2D eigenvalue weighted by Crippen LogP contribution is 2.25. The summed E-state index contributed by atoms with van der Waals surface area (Å²) in [6, 6.07) is 8.35. The zero-order valence-corrected chi connectivity index (χ0v) is 14.2. The molecular formula is C18H26N4O. The van der Waals surface area contributed by atoms with Crippen molar-refractivity contribution in [1.29, 1.82) is 5.26 Å². The van der Waals surface area contributed by atoms with E-state index >= 15 is 0 Å². The summed E-state index contributed by atoms with van der Waals surface area (Å²) in [5.74, 6) is -0.0276. The number of rotatable bonds is 6. The molecule has 1 heterocycles. The molecule has 124 valence electrons. The van der Waals surface area contributed by atoms with Crippen molar-refractivity contribution < 1.29 is 4.79 Å². The second-order valence-electron chi connectivity index (χ2n) is 6.29. The first-order chi connectivity index (χ1) is 11.0. The van der Waals surface area contributed by atoms with Gasteiger partial charge in [-0.15, -0.1) is 0 Å². The van der Waals surface area contributed by atoms with Crippen LogP contribution in [0.5, 0.6) is 0 Å². The van der Waals surface area contributed by atoms with Gasteiger partial charge < -0.3 is 10.6 Å². The Hall–Kier alpha value is -2.06. The Bertz CT molecular complexity index is 583. The van der Waals surface area contributed by atoms with Gasteiger partial charge in [0.2, 0.25) is 5.91 Å². The summed E-state index contributed by atoms with van der Waals surface area (Å²) in [6.07, 6.45) is 3.28. The third-order valence-corrected chi connectivity index (χ3v) is 4.45. The van der Waals surface area contributed by atoms with Crippen LogP contribution in [0.15, 0.2) is 18.2 Å². The van der Waals surface area contributed by atoms with E-state index in [1.807, 2.05) is 6.07 Å². The van der Waals surface area contributed by atoms with Gasteiger partial charge in [0.15, 0.2) is 0 Å². The maximum atomic E-state index is 12.4. The van der Waals surface area contributed by atoms with E-state index < -0.39 is 0 Å². The lowest BCUT2D eigenvalue weighted by Gasteiger charge is -2.25. The Morgan fingerprint density at radius 2 is 2.00 bits per heavy atom. The molecule has 0 bridgehead atoms. The van der Waals surface area contributed by atoms with Crippen LogP contribution < -0.4 is 10.6 Å². The number of carbonyl (C=O) groups is 1. The summed E-state index contributed by atoms with van der Waals surface area (Å²) in [7, 11) is 0. The zero-order valence-electron chi connectivity index (χ0n) is 14.2. The molecule has 1 amide bonds. The van der Waals surface area contributed by atoms with Gasteiger partial charge in [-0.25, -0.2) is 0 Å². The van der Waals surface area contributed by atoms with Crippen LogP contribution in [0.2, 0.25) is 0 Å². The van der Waals surface area contributed by atoms with Crippen molar-refractivity contribution in [3.05, 3.63) is 23.8 Å². The summed E-state index contributed by atoms with van der Waals surface area (Å²) in [6.45, 7) is 7.65. The maximum absolute atomic E-state index is 12.4. The molecule has 2 unspecified atom stereocenters. The van der Waals surface area contributed by atoms with Crippen molar-refractivity contribution >= 4 is 17.3 Å². The van der Waals surface area contributed by atoms with Crippen molar-refractivity contribution in [1.82, 2.24) is 4.90 Å². The van der Waals surface area contributed by atoms with Crippen LogP contribution in [0, 0.1) is 11.3 Å². The zero-order chi connectivity index (χ0) is 16.8. The topological polar surface area (TPSA) is 68.2 Å². The molecule has 5 heteroatoms. The quantitative estimate of drug-likeness (QED) is 0.846. The average Bonchev–Trinajstić information content (AvgIpc) is 2.85. The van der Waals surface area contributed by atoms with E-state index in [4.69, 9.17) is 5.26 Å². The summed E-state index contributed by atoms with van der Waals surface area (Å²) in [4.78, 5) is 14.7. The van der Waals surface area contributed by atoms with Crippen LogP contribution in [0.4, 0.5) is 11.4 Å². The molecule has 1 aromatic rings. The van der Waals surface area contributed by atoms with Gasteiger partial charge in [0.05, 0.1) is 29.6 Å². The monoisotopic (exact) mass is 314 g/mol. The van der Waals surface area contributed by atoms with Gasteiger partial charge in [-0.1, -0.05) is 6.92 Å². The minimum absolute atomic E-state index is 0.0276. The summed E-state index contributed by atoms with van der Waals surface area (Å²) in [5, 5.41) is 15.3. The van der Waals surface area contributed by atoms with Crippen molar-refractivity contribution in [3.8, 4) is 6.07 Å². The molecular weight excluding hydrogens is 288 g/mol. The van der Waals surface area contributed by atoms with Crippen molar-refractivity contribution in [2.45, 2.75) is 52.1 Å². The largest absolute Gasteiger partial charge is 0.383 e. The Morgan fingerprint density at radius 3 is 2.61 bits per heavy atom. The van der Waals surface area contributed by atoms with Crippen LogP contribution in [-0.4, -0.2) is 36.0 Å². The number of hydrogen-bond acceptors (Lipinski definition) is 4. The van der Waals surface area contributed by atoms with E-state index in [2.05, 4.69) is 42.4 Å². The molecule has 1 fully saturated rings. The molecule has 23 heavy (non-hydrogen) atoms. The van der Waals surface area contributed by atoms with Crippen molar-refractivity contribution in [2.75, 3.05) is 23.7 Å². The van der Waals surface area contributed by atoms with E-state index in [0.717, 1.165) is 31.5 Å². The fraction of sp³-hybridized carbons (Fsp3) is 0.556. The Labute approximate surface area is 138 Å². The lowest BCUT2D eigenvalue weighted by Crippen LogP contribution is -2.39. The Kier molecular flexibility index (Phi) is 6.00. The number of nitrogens with one attached hydrogen (secondary N) is 2. The summed E-state index contributed by atoms with van der Waals surface area (Å²) >= 11 is 0. The van der Waals surface area contributed by atoms with Gasteiger partial charge in [0.1, 0.15) is 0 Å². The lowest BCUT2D eigenvalue weighted by atomic mass is 10.1. The molecule has 1 aromatic carbocycles. The van der Waals surface area contributed by atoms with Crippen molar-refractivity contribution in [2.24, 2.45) is 0 Å². The molecule has 1 aliphatic heterocycles. The molecule has 2 atom stereocenters. The van der Waals surface area contributed by atoms with Gasteiger partial charge in [0, 0.05) is 18.6 Å². The normalized spacial score (nSPS) is 21.0. The molecule has 0 saturated carbocycles. The number of hydrogen-bond donors (Lipinski definition) is 2. The Morgan fingerprint density at radius 1 is 1.30 bits per heavy atom. The molecule has 0 spiro atoms. The van der Waals surface area contributed by atoms with Crippen LogP contribution in [0.1, 0.15) is 45.6 Å². The number of nitriles is 1. The van der Waals surface area contributed by atoms with Crippen LogP contribution >= 0.6 is 0 Å². The number of benzene rings is 1. The second-order valence-corrected chi connectivity index (χ2v) is 6.29. The molecule has 5 nitrogen and oxygen atoms in total. The van der Waals surface area contributed by atoms with Crippen LogP contribution in [0.3, 0.4) is 0 Å². The van der Waals surface area contributed by atoms with E-state index in [1.165, 1.54) is 0 Å². The predicted molar refractivity (Wildman–Crippen MR) is 93.4 cm³/mol. The first-order valence-corrected chi connectivity index (χ1v) is 8.38. The minimum Gasteiger partial charge on any atom is -0.383 e. The third kappa shape index (κ3) is 4.46. The summed E-state index contributed by atoms with van der Waals surface area (Å²) < 4.78 is 0. The highest BCUT2D eigenvalue weighted by molar-refractivity contribution is 5.95. The molecule has 1 saturated heterocycles. The van der Waals surface area contributed by atoms with Gasteiger partial charge in [-0.05, 0) is 51.3 Å². The molecule has 0 aromatic heterocycles. The fourth-order valence-corrected chi connectivity index (χ4v) is 3.05. The SMILES string of the molecule is CCCNc1ccc(C#N)cc1NC(=O)CN1C(C)CCC1C. The molecule has 2 rings (SSSR count). The number of likely N-dealkylation sites (tertiary alicyclic amines) is 1. The van der Waals surface area contributed by atoms with E-state index in [-0.39, 0.29) is 5.91 Å². The molecule has 2 N–H and O–H groups in total. The fourth-order valence-electron chi connectivity index (χ4n) is 3.05. The molecule has 0 aliphatic carbocycles. The van der Waals surface area contributed by atoms with E-state index in [9.17, 15) is 4.79 Å². The lowest BCUT2D eigenvalue weighted by molar-refractivity contribution is -0.117. The standard InChI is InChI=1S/C18H26N4O/c1-4-9-20-16-8-7-15(11-19)10-17(16)21-18(23)12-22-13(2)5-6-14(22)3/h7-8,10,13-14,20H,4-6,9,12H2,1-3H3,(H,21,23). The number of amides is 1. The van der Waals surface area contributed by atoms with E-state index in [1.54, 1.807) is 12.1 Å². The van der Waals surface area contributed by atoms with Gasteiger partial charge >= 0.3 is 0 Å². The van der Waals surface area contributed by atoms with Gasteiger partial charge in [-0.3, -0.25) is 9.69 Å². The number of nitrogens with zero attached hydrogens (tertiary/aromatic N) is 2. The Balaban J connectivity index is 2.08. The summed E-state index contributed by atoms with van der Waals surface area (Å²) in [5.41, 5.74) is 2.09. The first kappa shape index (κ1) is 17.3. The second kappa shape index (κ2) is 7.98. The van der Waals surface area contributed by atoms with E-state index in [0.29, 0.717) is 29.9 Å². The maximum Gasteiger partial charge on any atom is 0.238 e. The predicted octanol–water partition coefficient (Wildman–Crippen LogP) is 3.19. The highest BCUT2D eigenvalue weighted by Gasteiger charge is 2.28. The minimum atomic E-state index is -0.0276. The van der Waals surface area contributed by atoms with Crippen LogP contribution in [-0.2, 0) is 4.79 Å². The van der Waals surface area contributed by atoms with Crippen molar-refractivity contribution in [3.63, 3.8) is 0 Å². The molecule has 0 radical (unpaired) electrons. The average molecular weight is 314 g/mol.